The summed E-state index contributed by atoms with van der Waals surface area (Å²) in [5.74, 6) is 2.34. The molecule has 3 rings (SSSR count). The lowest BCUT2D eigenvalue weighted by molar-refractivity contribution is -0.0651. The van der Waals surface area contributed by atoms with Crippen LogP contribution in [-0.4, -0.2) is 28.0 Å². The first-order chi connectivity index (χ1) is 10.9. The minimum absolute atomic E-state index is 0.00965. The summed E-state index contributed by atoms with van der Waals surface area (Å²) >= 11 is 0. The maximum absolute atomic E-state index is 9.86. The van der Waals surface area contributed by atoms with Gasteiger partial charge in [0.2, 0.25) is 0 Å². The fraction of sp³-hybridized carbons (Fsp3) is 0.905. The quantitative estimate of drug-likeness (QED) is 0.739. The normalized spacial score (nSPS) is 47.2. The molecule has 6 unspecified atom stereocenters. The fourth-order valence-electron chi connectivity index (χ4n) is 4.36. The van der Waals surface area contributed by atoms with E-state index in [0.717, 1.165) is 19.3 Å². The van der Waals surface area contributed by atoms with Crippen LogP contribution in [0.1, 0.15) is 74.1 Å². The Morgan fingerprint density at radius 3 is 2.12 bits per heavy atom. The Labute approximate surface area is 149 Å². The van der Waals surface area contributed by atoms with Crippen molar-refractivity contribution in [1.29, 1.82) is 0 Å². The predicted molar refractivity (Wildman–Crippen MR) is 101 cm³/mol. The molecule has 2 bridgehead atoms. The molecule has 2 saturated heterocycles. The van der Waals surface area contributed by atoms with E-state index in [4.69, 9.17) is 10.5 Å². The van der Waals surface area contributed by atoms with Crippen molar-refractivity contribution in [2.24, 2.45) is 29.4 Å². The molecular weight excluding hydrogens is 298 g/mol. The van der Waals surface area contributed by atoms with Crippen LogP contribution >= 0.6 is 0 Å². The zero-order valence-electron chi connectivity index (χ0n) is 16.8. The highest BCUT2D eigenvalue weighted by molar-refractivity contribution is 5.11. The average molecular weight is 338 g/mol. The number of nitrogens with two attached hydrogens (primary N) is 1. The van der Waals surface area contributed by atoms with Gasteiger partial charge in [-0.3, -0.25) is 0 Å². The molecular formula is C21H39NO2. The molecule has 0 spiro atoms. The van der Waals surface area contributed by atoms with Gasteiger partial charge in [-0.2, -0.15) is 0 Å². The molecule has 3 N–H and O–H groups in total. The number of aliphatic hydroxyl groups is 1. The zero-order chi connectivity index (χ0) is 18.3. The molecule has 0 aromatic rings. The molecule has 3 heteroatoms. The molecule has 2 aliphatic heterocycles. The van der Waals surface area contributed by atoms with E-state index in [9.17, 15) is 5.11 Å². The first-order valence-electron chi connectivity index (χ1n) is 9.79. The fourth-order valence-corrected chi connectivity index (χ4v) is 4.36. The summed E-state index contributed by atoms with van der Waals surface area (Å²) in [7, 11) is 0. The monoisotopic (exact) mass is 337 g/mol. The first-order valence-corrected chi connectivity index (χ1v) is 9.79. The molecule has 0 amide bonds. The molecule has 0 aromatic heterocycles. The molecule has 6 atom stereocenters. The third-order valence-corrected chi connectivity index (χ3v) is 7.04. The number of allylic oxidation sites excluding steroid dienone is 1. The van der Waals surface area contributed by atoms with E-state index in [1.807, 2.05) is 13.0 Å². The van der Waals surface area contributed by atoms with Gasteiger partial charge in [-0.1, -0.05) is 46.8 Å². The largest absolute Gasteiger partial charge is 0.386 e. The van der Waals surface area contributed by atoms with Crippen LogP contribution in [0.5, 0.6) is 0 Å². The summed E-state index contributed by atoms with van der Waals surface area (Å²) in [5, 5.41) is 9.86. The minimum atomic E-state index is -0.578. The smallest absolute Gasteiger partial charge is 0.0825 e. The lowest BCUT2D eigenvalue weighted by Crippen LogP contribution is -2.42. The third kappa shape index (κ3) is 3.73. The van der Waals surface area contributed by atoms with E-state index in [0.29, 0.717) is 23.7 Å². The third-order valence-electron chi connectivity index (χ3n) is 7.04. The Hall–Kier alpha value is -0.380. The van der Waals surface area contributed by atoms with Gasteiger partial charge in [-0.05, 0) is 63.2 Å². The van der Waals surface area contributed by atoms with Crippen LogP contribution in [0.2, 0.25) is 0 Å². The molecule has 0 saturated carbocycles. The topological polar surface area (TPSA) is 55.5 Å². The molecule has 2 fully saturated rings. The van der Waals surface area contributed by atoms with Crippen LogP contribution in [0.25, 0.3) is 0 Å². The summed E-state index contributed by atoms with van der Waals surface area (Å²) in [6, 6.07) is 0.258. The van der Waals surface area contributed by atoms with E-state index in [2.05, 4.69) is 47.6 Å². The van der Waals surface area contributed by atoms with Crippen molar-refractivity contribution in [3.05, 3.63) is 12.2 Å². The molecule has 3 nitrogen and oxygen atoms in total. The first kappa shape index (κ1) is 19.9. The number of ether oxygens (including phenoxy) is 1. The summed E-state index contributed by atoms with van der Waals surface area (Å²) in [6.45, 7) is 15.1. The van der Waals surface area contributed by atoms with Crippen molar-refractivity contribution < 1.29 is 9.84 Å². The lowest BCUT2D eigenvalue weighted by Gasteiger charge is -2.35. The summed E-state index contributed by atoms with van der Waals surface area (Å²) in [6.07, 6.45) is 8.65. The van der Waals surface area contributed by atoms with Crippen LogP contribution in [0.3, 0.4) is 0 Å². The van der Waals surface area contributed by atoms with Gasteiger partial charge in [0.25, 0.3) is 0 Å². The van der Waals surface area contributed by atoms with Gasteiger partial charge in [-0.15, -0.1) is 0 Å². The van der Waals surface area contributed by atoms with Crippen molar-refractivity contribution >= 4 is 0 Å². The van der Waals surface area contributed by atoms with Gasteiger partial charge in [0, 0.05) is 6.04 Å². The Morgan fingerprint density at radius 2 is 1.79 bits per heavy atom. The summed E-state index contributed by atoms with van der Waals surface area (Å²) in [5.41, 5.74) is 5.58. The number of hydrogen-bond donors (Lipinski definition) is 2. The molecule has 3 aliphatic rings. The van der Waals surface area contributed by atoms with Crippen molar-refractivity contribution in [2.45, 2.75) is 97.0 Å². The minimum Gasteiger partial charge on any atom is -0.386 e. The van der Waals surface area contributed by atoms with Gasteiger partial charge in [-0.25, -0.2) is 0 Å². The van der Waals surface area contributed by atoms with Crippen LogP contribution in [0, 0.1) is 23.7 Å². The second-order valence-corrected chi connectivity index (χ2v) is 9.57. The van der Waals surface area contributed by atoms with Crippen molar-refractivity contribution in [3.8, 4) is 0 Å². The Morgan fingerprint density at radius 1 is 1.17 bits per heavy atom. The second-order valence-electron chi connectivity index (χ2n) is 9.57. The van der Waals surface area contributed by atoms with Crippen molar-refractivity contribution in [2.75, 3.05) is 0 Å². The molecule has 0 aromatic carbocycles. The van der Waals surface area contributed by atoms with Crippen molar-refractivity contribution in [1.82, 2.24) is 0 Å². The maximum atomic E-state index is 9.86. The number of rotatable bonds is 2. The SMILES string of the molecule is CC(C)C12CCC(C)(O1)C(N)C2.CC(C)C1C=CC(C)(O)C(C)C1. The number of fused-ring (bicyclic) bond motifs is 2. The Balaban J connectivity index is 0.000000174. The predicted octanol–water partition coefficient (Wildman–Crippen LogP) is 4.29. The van der Waals surface area contributed by atoms with Gasteiger partial charge in [0.05, 0.1) is 16.8 Å². The Bertz CT molecular complexity index is 470. The van der Waals surface area contributed by atoms with Gasteiger partial charge >= 0.3 is 0 Å². The highest BCUT2D eigenvalue weighted by Gasteiger charge is 2.58. The van der Waals surface area contributed by atoms with Crippen LogP contribution in [-0.2, 0) is 4.74 Å². The molecule has 24 heavy (non-hydrogen) atoms. The average Bonchev–Trinajstić information content (AvgIpc) is 2.94. The zero-order valence-corrected chi connectivity index (χ0v) is 16.8. The number of hydrogen-bond acceptors (Lipinski definition) is 3. The maximum Gasteiger partial charge on any atom is 0.0825 e. The van der Waals surface area contributed by atoms with Crippen LogP contribution in [0.15, 0.2) is 12.2 Å². The molecule has 140 valence electrons. The van der Waals surface area contributed by atoms with E-state index in [1.54, 1.807) is 0 Å². The molecule has 1 aliphatic carbocycles. The van der Waals surface area contributed by atoms with Crippen LogP contribution < -0.4 is 5.73 Å². The Kier molecular flexibility index (Phi) is 5.60. The van der Waals surface area contributed by atoms with E-state index >= 15 is 0 Å². The van der Waals surface area contributed by atoms with Gasteiger partial charge in [0.15, 0.2) is 0 Å². The van der Waals surface area contributed by atoms with E-state index in [1.165, 1.54) is 6.42 Å². The van der Waals surface area contributed by atoms with Crippen LogP contribution in [0.4, 0.5) is 0 Å². The summed E-state index contributed by atoms with van der Waals surface area (Å²) < 4.78 is 6.10. The standard InChI is InChI=1S/C11H20O.C10H19NO/c1-8(2)10-5-6-11(4,12)9(3)7-10;1-7(2)10-5-4-9(3,12-10)8(11)6-10/h5-6,8-10,12H,7H2,1-4H3;7-8H,4-6,11H2,1-3H3. The van der Waals surface area contributed by atoms with Crippen molar-refractivity contribution in [3.63, 3.8) is 0 Å². The highest BCUT2D eigenvalue weighted by Crippen LogP contribution is 2.53. The molecule has 2 heterocycles. The van der Waals surface area contributed by atoms with E-state index in [-0.39, 0.29) is 17.2 Å². The van der Waals surface area contributed by atoms with E-state index < -0.39 is 5.60 Å². The van der Waals surface area contributed by atoms with Gasteiger partial charge in [0.1, 0.15) is 0 Å². The lowest BCUT2D eigenvalue weighted by atomic mass is 9.74. The van der Waals surface area contributed by atoms with Gasteiger partial charge < -0.3 is 15.6 Å². The summed E-state index contributed by atoms with van der Waals surface area (Å²) in [4.78, 5) is 0. The second kappa shape index (κ2) is 6.74. The molecule has 0 radical (unpaired) electrons. The highest BCUT2D eigenvalue weighted by atomic mass is 16.5.